The summed E-state index contributed by atoms with van der Waals surface area (Å²) in [5.74, 6) is 0. The Hall–Kier alpha value is 0.0700. The van der Waals surface area contributed by atoms with Crippen molar-refractivity contribution in [2.24, 2.45) is 0 Å². The van der Waals surface area contributed by atoms with Gasteiger partial charge in [-0.15, -0.1) is 0 Å². The van der Waals surface area contributed by atoms with Crippen molar-refractivity contribution in [3.63, 3.8) is 0 Å². The third-order valence-corrected chi connectivity index (χ3v) is 4.01. The van der Waals surface area contributed by atoms with Crippen molar-refractivity contribution in [1.29, 1.82) is 0 Å². The van der Waals surface area contributed by atoms with Gasteiger partial charge in [-0.1, -0.05) is 0 Å². The zero-order valence-corrected chi connectivity index (χ0v) is 9.94. The van der Waals surface area contributed by atoms with Crippen LogP contribution in [-0.2, 0) is 15.5 Å². The Morgan fingerprint density at radius 1 is 1.50 bits per heavy atom. The van der Waals surface area contributed by atoms with E-state index in [2.05, 4.69) is 5.32 Å². The fourth-order valence-corrected chi connectivity index (χ4v) is 1.89. The Kier molecular flexibility index (Phi) is 5.67. The van der Waals surface area contributed by atoms with Crippen LogP contribution in [0.2, 0.25) is 0 Å². The van der Waals surface area contributed by atoms with Crippen LogP contribution in [0, 0.1) is 0 Å². The van der Waals surface area contributed by atoms with Crippen molar-refractivity contribution >= 4 is 10.8 Å². The lowest BCUT2D eigenvalue weighted by atomic mass is 10.1. The molecule has 1 aliphatic heterocycles. The molecule has 1 heterocycles. The van der Waals surface area contributed by atoms with E-state index in [1.807, 2.05) is 6.92 Å². The first-order chi connectivity index (χ1) is 6.70. The molecule has 0 saturated carbocycles. The largest absolute Gasteiger partial charge is 0.381 e. The third kappa shape index (κ3) is 4.53. The molecule has 0 spiro atoms. The van der Waals surface area contributed by atoms with Crippen molar-refractivity contribution in [1.82, 2.24) is 5.32 Å². The first-order valence-corrected chi connectivity index (χ1v) is 6.95. The Bertz CT molecular complexity index is 179. The van der Waals surface area contributed by atoms with Gasteiger partial charge in [0, 0.05) is 48.1 Å². The molecule has 1 aliphatic rings. The van der Waals surface area contributed by atoms with Gasteiger partial charge in [0.15, 0.2) is 0 Å². The van der Waals surface area contributed by atoms with Crippen molar-refractivity contribution in [2.45, 2.75) is 37.5 Å². The van der Waals surface area contributed by atoms with E-state index in [-0.39, 0.29) is 5.25 Å². The predicted octanol–water partition coefficient (Wildman–Crippen LogP) is 0.912. The molecule has 14 heavy (non-hydrogen) atoms. The Balaban J connectivity index is 2.18. The zero-order chi connectivity index (χ0) is 10.4. The molecule has 1 rings (SSSR count). The maximum atomic E-state index is 11.1. The number of ether oxygens (including phenoxy) is 1. The average Bonchev–Trinajstić information content (AvgIpc) is 2.42. The molecule has 4 heteroatoms. The summed E-state index contributed by atoms with van der Waals surface area (Å²) in [5.41, 5.74) is 0. The van der Waals surface area contributed by atoms with Crippen molar-refractivity contribution in [2.75, 3.05) is 26.0 Å². The van der Waals surface area contributed by atoms with E-state index in [0.717, 1.165) is 32.6 Å². The number of nitrogens with one attached hydrogen (secondary N) is 1. The monoisotopic (exact) mass is 219 g/mol. The Labute approximate surface area is 89.1 Å². The summed E-state index contributed by atoms with van der Waals surface area (Å²) in [6.07, 6.45) is 5.18. The Morgan fingerprint density at radius 3 is 3.00 bits per heavy atom. The Morgan fingerprint density at radius 2 is 2.29 bits per heavy atom. The van der Waals surface area contributed by atoms with Crippen LogP contribution in [0.5, 0.6) is 0 Å². The van der Waals surface area contributed by atoms with Crippen LogP contribution in [0.1, 0.15) is 26.2 Å². The molecule has 0 bridgehead atoms. The first-order valence-electron chi connectivity index (χ1n) is 5.33. The SMILES string of the molecule is CC(CNC1CCCOCC1)S(C)=O. The minimum absolute atomic E-state index is 0.249. The second kappa shape index (κ2) is 6.53. The molecule has 0 aromatic heterocycles. The molecule has 0 aromatic carbocycles. The van der Waals surface area contributed by atoms with Crippen LogP contribution >= 0.6 is 0 Å². The minimum Gasteiger partial charge on any atom is -0.381 e. The maximum Gasteiger partial charge on any atom is 0.0480 e. The zero-order valence-electron chi connectivity index (χ0n) is 9.12. The number of rotatable bonds is 4. The van der Waals surface area contributed by atoms with Gasteiger partial charge in [-0.2, -0.15) is 0 Å². The van der Waals surface area contributed by atoms with Gasteiger partial charge in [0.25, 0.3) is 0 Å². The summed E-state index contributed by atoms with van der Waals surface area (Å²) in [5, 5.41) is 3.72. The molecule has 1 saturated heterocycles. The van der Waals surface area contributed by atoms with Gasteiger partial charge in [-0.3, -0.25) is 4.21 Å². The summed E-state index contributed by atoms with van der Waals surface area (Å²) >= 11 is 0. The highest BCUT2D eigenvalue weighted by Gasteiger charge is 2.13. The quantitative estimate of drug-likeness (QED) is 0.764. The highest BCUT2D eigenvalue weighted by Crippen LogP contribution is 2.08. The lowest BCUT2D eigenvalue weighted by molar-refractivity contribution is 0.142. The molecule has 84 valence electrons. The van der Waals surface area contributed by atoms with Crippen LogP contribution in [0.15, 0.2) is 0 Å². The number of hydrogen-bond donors (Lipinski definition) is 1. The van der Waals surface area contributed by atoms with Gasteiger partial charge in [0.1, 0.15) is 0 Å². The predicted molar refractivity (Wildman–Crippen MR) is 60.0 cm³/mol. The molecule has 0 amide bonds. The lowest BCUT2D eigenvalue weighted by Gasteiger charge is -2.17. The topological polar surface area (TPSA) is 38.3 Å². The molecule has 1 N–H and O–H groups in total. The van der Waals surface area contributed by atoms with Crippen LogP contribution in [0.4, 0.5) is 0 Å². The lowest BCUT2D eigenvalue weighted by Crippen LogP contribution is -2.36. The number of hydrogen-bond acceptors (Lipinski definition) is 3. The molecule has 0 aromatic rings. The van der Waals surface area contributed by atoms with E-state index in [1.54, 1.807) is 6.26 Å². The van der Waals surface area contributed by atoms with Crippen LogP contribution in [0.3, 0.4) is 0 Å². The van der Waals surface area contributed by atoms with E-state index >= 15 is 0 Å². The summed E-state index contributed by atoms with van der Waals surface area (Å²) in [4.78, 5) is 0. The smallest absolute Gasteiger partial charge is 0.0480 e. The second-order valence-corrected chi connectivity index (χ2v) is 5.76. The van der Waals surface area contributed by atoms with Gasteiger partial charge >= 0.3 is 0 Å². The third-order valence-electron chi connectivity index (χ3n) is 2.71. The fraction of sp³-hybridized carbons (Fsp3) is 1.00. The van der Waals surface area contributed by atoms with Gasteiger partial charge in [-0.05, 0) is 26.2 Å². The summed E-state index contributed by atoms with van der Waals surface area (Å²) in [7, 11) is -0.713. The van der Waals surface area contributed by atoms with Gasteiger partial charge in [0.05, 0.1) is 0 Å². The van der Waals surface area contributed by atoms with E-state index in [1.165, 1.54) is 6.42 Å². The minimum atomic E-state index is -0.713. The standard InChI is InChI=1S/C10H21NO2S/c1-9(14(2)12)8-11-10-4-3-6-13-7-5-10/h9-11H,3-8H2,1-2H3. The molecule has 0 aliphatic carbocycles. The van der Waals surface area contributed by atoms with Crippen LogP contribution in [-0.4, -0.2) is 41.5 Å². The first kappa shape index (κ1) is 12.1. The average molecular weight is 219 g/mol. The highest BCUT2D eigenvalue weighted by molar-refractivity contribution is 7.84. The van der Waals surface area contributed by atoms with Crippen molar-refractivity contribution in [3.8, 4) is 0 Å². The van der Waals surface area contributed by atoms with E-state index in [0.29, 0.717) is 6.04 Å². The summed E-state index contributed by atoms with van der Waals surface area (Å²) < 4.78 is 16.5. The molecular weight excluding hydrogens is 198 g/mol. The van der Waals surface area contributed by atoms with E-state index in [4.69, 9.17) is 4.74 Å². The van der Waals surface area contributed by atoms with Crippen LogP contribution < -0.4 is 5.32 Å². The van der Waals surface area contributed by atoms with Gasteiger partial charge in [-0.25, -0.2) is 0 Å². The van der Waals surface area contributed by atoms with Gasteiger partial charge < -0.3 is 10.1 Å². The van der Waals surface area contributed by atoms with Crippen LogP contribution in [0.25, 0.3) is 0 Å². The van der Waals surface area contributed by atoms with E-state index < -0.39 is 10.8 Å². The van der Waals surface area contributed by atoms with Crippen molar-refractivity contribution in [3.05, 3.63) is 0 Å². The molecule has 1 fully saturated rings. The van der Waals surface area contributed by atoms with E-state index in [9.17, 15) is 4.21 Å². The maximum absolute atomic E-state index is 11.1. The molecule has 3 unspecified atom stereocenters. The normalized spacial score (nSPS) is 28.0. The van der Waals surface area contributed by atoms with Crippen molar-refractivity contribution < 1.29 is 8.95 Å². The molecule has 0 radical (unpaired) electrons. The molecule has 3 atom stereocenters. The second-order valence-electron chi connectivity index (χ2n) is 3.96. The fourth-order valence-electron chi connectivity index (χ4n) is 1.56. The molecular formula is C10H21NO2S. The summed E-state index contributed by atoms with van der Waals surface area (Å²) in [6, 6.07) is 0.559. The summed E-state index contributed by atoms with van der Waals surface area (Å²) in [6.45, 7) is 4.64. The molecule has 3 nitrogen and oxygen atoms in total. The highest BCUT2D eigenvalue weighted by atomic mass is 32.2. The van der Waals surface area contributed by atoms with Gasteiger partial charge in [0.2, 0.25) is 0 Å².